The summed E-state index contributed by atoms with van der Waals surface area (Å²) in [6.45, 7) is 7.43. The van der Waals surface area contributed by atoms with Gasteiger partial charge in [-0.1, -0.05) is 38.1 Å². The highest BCUT2D eigenvalue weighted by Gasteiger charge is 2.05. The lowest BCUT2D eigenvalue weighted by atomic mass is 10.1. The topological polar surface area (TPSA) is 49.5 Å². The molecule has 0 bridgehead atoms. The molecule has 3 N–H and O–H groups in total. The van der Waals surface area contributed by atoms with E-state index in [0.29, 0.717) is 0 Å². The Hall–Kier alpha value is -0.900. The first kappa shape index (κ1) is 13.2. The van der Waals surface area contributed by atoms with E-state index in [1.54, 1.807) is 0 Å². The summed E-state index contributed by atoms with van der Waals surface area (Å²) in [5.74, 6) is 0. The highest BCUT2D eigenvalue weighted by molar-refractivity contribution is 5.24. The molecule has 0 aromatic heterocycles. The predicted octanol–water partition coefficient (Wildman–Crippen LogP) is 1.52. The fourth-order valence-corrected chi connectivity index (χ4v) is 1.68. The van der Waals surface area contributed by atoms with Gasteiger partial charge in [-0.2, -0.15) is 0 Å². The van der Waals surface area contributed by atoms with Gasteiger partial charge in [-0.25, -0.2) is 0 Å². The second-order valence-corrected chi connectivity index (χ2v) is 3.99. The molecule has 0 amide bonds. The third kappa shape index (κ3) is 3.59. The summed E-state index contributed by atoms with van der Waals surface area (Å²) >= 11 is 0. The molecule has 1 aromatic rings. The van der Waals surface area contributed by atoms with Gasteiger partial charge < -0.3 is 10.8 Å². The molecule has 1 atom stereocenters. The standard InChI is InChI=1S/C13H22N2O/c1-3-15(4-2)9-11-5-7-12(8-6-11)13(14)10-16/h5-8,13,16H,3-4,9-10,14H2,1-2H3. The Balaban J connectivity index is 2.64. The lowest BCUT2D eigenvalue weighted by Crippen LogP contribution is -2.22. The van der Waals surface area contributed by atoms with E-state index in [9.17, 15) is 0 Å². The smallest absolute Gasteiger partial charge is 0.0624 e. The van der Waals surface area contributed by atoms with Crippen molar-refractivity contribution in [3.8, 4) is 0 Å². The van der Waals surface area contributed by atoms with Gasteiger partial charge in [0.15, 0.2) is 0 Å². The Labute approximate surface area is 97.9 Å². The molecule has 90 valence electrons. The molecular weight excluding hydrogens is 200 g/mol. The highest BCUT2D eigenvalue weighted by Crippen LogP contribution is 2.12. The zero-order valence-corrected chi connectivity index (χ0v) is 10.2. The Morgan fingerprint density at radius 1 is 1.19 bits per heavy atom. The van der Waals surface area contributed by atoms with Crippen molar-refractivity contribution in [1.29, 1.82) is 0 Å². The van der Waals surface area contributed by atoms with E-state index in [1.165, 1.54) is 5.56 Å². The molecule has 0 saturated carbocycles. The maximum Gasteiger partial charge on any atom is 0.0624 e. The van der Waals surface area contributed by atoms with Crippen LogP contribution in [0.2, 0.25) is 0 Å². The number of nitrogens with two attached hydrogens (primary N) is 1. The molecule has 16 heavy (non-hydrogen) atoms. The van der Waals surface area contributed by atoms with Crippen molar-refractivity contribution in [3.63, 3.8) is 0 Å². The molecule has 0 aliphatic carbocycles. The number of aliphatic hydroxyl groups is 1. The van der Waals surface area contributed by atoms with Crippen molar-refractivity contribution in [1.82, 2.24) is 4.90 Å². The van der Waals surface area contributed by atoms with E-state index < -0.39 is 0 Å². The summed E-state index contributed by atoms with van der Waals surface area (Å²) in [6.07, 6.45) is 0. The van der Waals surface area contributed by atoms with Gasteiger partial charge in [0.25, 0.3) is 0 Å². The van der Waals surface area contributed by atoms with Gasteiger partial charge in [0.2, 0.25) is 0 Å². The molecular formula is C13H22N2O. The number of nitrogens with zero attached hydrogens (tertiary/aromatic N) is 1. The summed E-state index contributed by atoms with van der Waals surface area (Å²) in [4.78, 5) is 2.36. The first-order valence-corrected chi connectivity index (χ1v) is 5.88. The number of rotatable bonds is 6. The summed E-state index contributed by atoms with van der Waals surface area (Å²) < 4.78 is 0. The maximum absolute atomic E-state index is 8.95. The lowest BCUT2D eigenvalue weighted by molar-refractivity contribution is 0.268. The van der Waals surface area contributed by atoms with Crippen LogP contribution in [0.3, 0.4) is 0 Å². The van der Waals surface area contributed by atoms with Gasteiger partial charge in [0.1, 0.15) is 0 Å². The molecule has 1 unspecified atom stereocenters. The number of aliphatic hydroxyl groups excluding tert-OH is 1. The van der Waals surface area contributed by atoms with Crippen LogP contribution < -0.4 is 5.73 Å². The van der Waals surface area contributed by atoms with E-state index in [4.69, 9.17) is 10.8 Å². The van der Waals surface area contributed by atoms with E-state index in [2.05, 4.69) is 30.9 Å². The van der Waals surface area contributed by atoms with Crippen LogP contribution in [0.5, 0.6) is 0 Å². The molecule has 1 aromatic carbocycles. The van der Waals surface area contributed by atoms with Crippen molar-refractivity contribution < 1.29 is 5.11 Å². The van der Waals surface area contributed by atoms with E-state index in [1.807, 2.05) is 12.1 Å². The molecule has 3 heteroatoms. The largest absolute Gasteiger partial charge is 0.394 e. The zero-order chi connectivity index (χ0) is 12.0. The Bertz CT molecular complexity index is 293. The average Bonchev–Trinajstić information content (AvgIpc) is 2.35. The van der Waals surface area contributed by atoms with Crippen LogP contribution in [0.25, 0.3) is 0 Å². The molecule has 3 nitrogen and oxygen atoms in total. The second-order valence-electron chi connectivity index (χ2n) is 3.99. The summed E-state index contributed by atoms with van der Waals surface area (Å²) in [5.41, 5.74) is 8.02. The third-order valence-electron chi connectivity index (χ3n) is 2.91. The summed E-state index contributed by atoms with van der Waals surface area (Å²) in [6, 6.07) is 7.91. The monoisotopic (exact) mass is 222 g/mol. The van der Waals surface area contributed by atoms with Crippen LogP contribution in [-0.4, -0.2) is 29.7 Å². The normalized spacial score (nSPS) is 13.1. The Morgan fingerprint density at radius 2 is 1.75 bits per heavy atom. The van der Waals surface area contributed by atoms with Gasteiger partial charge in [-0.15, -0.1) is 0 Å². The van der Waals surface area contributed by atoms with Gasteiger partial charge in [0.05, 0.1) is 12.6 Å². The number of benzene rings is 1. The SMILES string of the molecule is CCN(CC)Cc1ccc(C(N)CO)cc1. The number of hydrogen-bond donors (Lipinski definition) is 2. The molecule has 0 heterocycles. The zero-order valence-electron chi connectivity index (χ0n) is 10.2. The maximum atomic E-state index is 8.95. The van der Waals surface area contributed by atoms with Crippen LogP contribution in [0, 0.1) is 0 Å². The molecule has 0 aliphatic heterocycles. The lowest BCUT2D eigenvalue weighted by Gasteiger charge is -2.18. The third-order valence-corrected chi connectivity index (χ3v) is 2.91. The average molecular weight is 222 g/mol. The quantitative estimate of drug-likeness (QED) is 0.767. The van der Waals surface area contributed by atoms with Crippen LogP contribution in [0.4, 0.5) is 0 Å². The van der Waals surface area contributed by atoms with Gasteiger partial charge in [-0.3, -0.25) is 4.90 Å². The predicted molar refractivity (Wildman–Crippen MR) is 67.1 cm³/mol. The van der Waals surface area contributed by atoms with Crippen molar-refractivity contribution >= 4 is 0 Å². The minimum Gasteiger partial charge on any atom is -0.394 e. The summed E-state index contributed by atoms with van der Waals surface area (Å²) in [7, 11) is 0. The fourth-order valence-electron chi connectivity index (χ4n) is 1.68. The van der Waals surface area contributed by atoms with E-state index >= 15 is 0 Å². The fraction of sp³-hybridized carbons (Fsp3) is 0.538. The molecule has 0 spiro atoms. The van der Waals surface area contributed by atoms with Crippen LogP contribution in [0.15, 0.2) is 24.3 Å². The van der Waals surface area contributed by atoms with Gasteiger partial charge in [-0.05, 0) is 24.2 Å². The van der Waals surface area contributed by atoms with Crippen molar-refractivity contribution in [2.24, 2.45) is 5.73 Å². The van der Waals surface area contributed by atoms with Crippen molar-refractivity contribution in [2.45, 2.75) is 26.4 Å². The first-order valence-electron chi connectivity index (χ1n) is 5.88. The Kier molecular flexibility index (Phi) is 5.46. The minimum atomic E-state index is -0.262. The van der Waals surface area contributed by atoms with Crippen LogP contribution in [0.1, 0.15) is 31.0 Å². The highest BCUT2D eigenvalue weighted by atomic mass is 16.3. The Morgan fingerprint density at radius 3 is 2.19 bits per heavy atom. The minimum absolute atomic E-state index is 0.00457. The molecule has 1 rings (SSSR count). The van der Waals surface area contributed by atoms with Crippen molar-refractivity contribution in [3.05, 3.63) is 35.4 Å². The van der Waals surface area contributed by atoms with Crippen molar-refractivity contribution in [2.75, 3.05) is 19.7 Å². The molecule has 0 saturated heterocycles. The van der Waals surface area contributed by atoms with Gasteiger partial charge >= 0.3 is 0 Å². The first-order chi connectivity index (χ1) is 7.71. The van der Waals surface area contributed by atoms with Crippen LogP contribution >= 0.6 is 0 Å². The second kappa shape index (κ2) is 6.63. The molecule has 0 fully saturated rings. The van der Waals surface area contributed by atoms with E-state index in [-0.39, 0.29) is 12.6 Å². The number of hydrogen-bond acceptors (Lipinski definition) is 3. The van der Waals surface area contributed by atoms with Crippen LogP contribution in [-0.2, 0) is 6.54 Å². The summed E-state index contributed by atoms with van der Waals surface area (Å²) in [5, 5.41) is 8.95. The van der Waals surface area contributed by atoms with E-state index in [0.717, 1.165) is 25.2 Å². The van der Waals surface area contributed by atoms with Gasteiger partial charge in [0, 0.05) is 6.54 Å². The molecule has 0 aliphatic rings. The molecule has 0 radical (unpaired) electrons.